The molecule has 6 nitrogen and oxygen atoms in total. The lowest BCUT2D eigenvalue weighted by molar-refractivity contribution is 0.609. The number of nitrogens with zero attached hydrogens (tertiary/aromatic N) is 5. The van der Waals surface area contributed by atoms with Gasteiger partial charge in [-0.25, -0.2) is 0 Å². The normalized spacial score (nSPS) is 11.1. The fourth-order valence-corrected chi connectivity index (χ4v) is 1.98. The van der Waals surface area contributed by atoms with Crippen LogP contribution in [0.5, 0.6) is 0 Å². The molecule has 2 rings (SSSR count). The van der Waals surface area contributed by atoms with E-state index in [2.05, 4.69) is 34.5 Å². The van der Waals surface area contributed by atoms with E-state index in [1.54, 1.807) is 6.33 Å². The van der Waals surface area contributed by atoms with Crippen LogP contribution in [-0.4, -0.2) is 31.1 Å². The SMILES string of the molecule is CCNCc1c(C)nn(Cc2nncn2C)c1C. The Balaban J connectivity index is 2.22. The number of hydrogen-bond donors (Lipinski definition) is 1. The molecule has 0 aliphatic heterocycles. The molecular formula is C12H20N6. The molecule has 0 aliphatic carbocycles. The molecule has 2 aromatic rings. The lowest BCUT2D eigenvalue weighted by Crippen LogP contribution is -2.13. The molecule has 0 unspecified atom stereocenters. The quantitative estimate of drug-likeness (QED) is 0.849. The van der Waals surface area contributed by atoms with E-state index >= 15 is 0 Å². The Labute approximate surface area is 107 Å². The van der Waals surface area contributed by atoms with Crippen LogP contribution >= 0.6 is 0 Å². The first kappa shape index (κ1) is 12.8. The molecule has 1 N–H and O–H groups in total. The summed E-state index contributed by atoms with van der Waals surface area (Å²) < 4.78 is 3.91. The fraction of sp³-hybridized carbons (Fsp3) is 0.583. The van der Waals surface area contributed by atoms with Crippen molar-refractivity contribution in [2.75, 3.05) is 6.54 Å². The van der Waals surface area contributed by atoms with Gasteiger partial charge in [0.25, 0.3) is 0 Å². The van der Waals surface area contributed by atoms with Crippen LogP contribution in [0.25, 0.3) is 0 Å². The molecule has 0 aromatic carbocycles. The standard InChI is InChI=1S/C12H20N6/c1-5-13-6-11-9(2)16-18(10(11)3)7-12-15-14-8-17(12)4/h8,13H,5-7H2,1-4H3. The van der Waals surface area contributed by atoms with Gasteiger partial charge >= 0.3 is 0 Å². The minimum Gasteiger partial charge on any atom is -0.319 e. The van der Waals surface area contributed by atoms with Crippen LogP contribution in [0.4, 0.5) is 0 Å². The number of nitrogens with one attached hydrogen (secondary N) is 1. The summed E-state index contributed by atoms with van der Waals surface area (Å²) in [5, 5.41) is 15.9. The number of aromatic nitrogens is 5. The number of rotatable bonds is 5. The van der Waals surface area contributed by atoms with Crippen molar-refractivity contribution in [3.63, 3.8) is 0 Å². The van der Waals surface area contributed by atoms with Crippen LogP contribution in [-0.2, 0) is 20.1 Å². The Kier molecular flexibility index (Phi) is 3.76. The van der Waals surface area contributed by atoms with Crippen molar-refractivity contribution in [3.05, 3.63) is 29.1 Å². The summed E-state index contributed by atoms with van der Waals surface area (Å²) in [6, 6.07) is 0. The fourth-order valence-electron chi connectivity index (χ4n) is 1.98. The van der Waals surface area contributed by atoms with Crippen molar-refractivity contribution in [2.45, 2.75) is 33.9 Å². The maximum atomic E-state index is 4.57. The second kappa shape index (κ2) is 5.30. The van der Waals surface area contributed by atoms with Gasteiger partial charge in [-0.3, -0.25) is 4.68 Å². The van der Waals surface area contributed by atoms with Crippen molar-refractivity contribution in [1.82, 2.24) is 29.9 Å². The topological polar surface area (TPSA) is 60.6 Å². The number of hydrogen-bond acceptors (Lipinski definition) is 4. The molecule has 0 fully saturated rings. The zero-order chi connectivity index (χ0) is 13.1. The zero-order valence-corrected chi connectivity index (χ0v) is 11.4. The van der Waals surface area contributed by atoms with Crippen LogP contribution in [0.15, 0.2) is 6.33 Å². The van der Waals surface area contributed by atoms with E-state index in [0.29, 0.717) is 6.54 Å². The van der Waals surface area contributed by atoms with Gasteiger partial charge in [-0.1, -0.05) is 6.92 Å². The molecule has 0 radical (unpaired) electrons. The summed E-state index contributed by atoms with van der Waals surface area (Å²) >= 11 is 0. The molecule has 2 aromatic heterocycles. The summed E-state index contributed by atoms with van der Waals surface area (Å²) in [5.74, 6) is 0.913. The Hall–Kier alpha value is -1.69. The Morgan fingerprint density at radius 1 is 1.33 bits per heavy atom. The second-order valence-corrected chi connectivity index (χ2v) is 4.45. The Bertz CT molecular complexity index is 525. The minimum atomic E-state index is 0.662. The van der Waals surface area contributed by atoms with E-state index in [0.717, 1.165) is 24.6 Å². The van der Waals surface area contributed by atoms with Crippen LogP contribution in [0.3, 0.4) is 0 Å². The average Bonchev–Trinajstić information content (AvgIpc) is 2.84. The largest absolute Gasteiger partial charge is 0.319 e. The van der Waals surface area contributed by atoms with Gasteiger partial charge in [-0.2, -0.15) is 5.10 Å². The summed E-state index contributed by atoms with van der Waals surface area (Å²) in [4.78, 5) is 0. The number of aryl methyl sites for hydroxylation is 2. The highest BCUT2D eigenvalue weighted by atomic mass is 15.3. The Morgan fingerprint density at radius 3 is 2.72 bits per heavy atom. The molecule has 0 aliphatic rings. The summed E-state index contributed by atoms with van der Waals surface area (Å²) in [6.07, 6.45) is 1.71. The molecular weight excluding hydrogens is 228 g/mol. The molecule has 0 saturated heterocycles. The maximum Gasteiger partial charge on any atom is 0.154 e. The van der Waals surface area contributed by atoms with E-state index in [1.165, 1.54) is 11.3 Å². The molecule has 0 spiro atoms. The van der Waals surface area contributed by atoms with Crippen molar-refractivity contribution < 1.29 is 0 Å². The van der Waals surface area contributed by atoms with Crippen molar-refractivity contribution in [3.8, 4) is 0 Å². The van der Waals surface area contributed by atoms with Crippen molar-refractivity contribution in [2.24, 2.45) is 7.05 Å². The molecule has 6 heteroatoms. The second-order valence-electron chi connectivity index (χ2n) is 4.45. The van der Waals surface area contributed by atoms with Gasteiger partial charge in [-0.15, -0.1) is 10.2 Å². The van der Waals surface area contributed by atoms with E-state index < -0.39 is 0 Å². The first-order valence-corrected chi connectivity index (χ1v) is 6.20. The summed E-state index contributed by atoms with van der Waals surface area (Å²) in [6.45, 7) is 8.75. The van der Waals surface area contributed by atoms with Crippen LogP contribution in [0, 0.1) is 13.8 Å². The van der Waals surface area contributed by atoms with E-state index in [1.807, 2.05) is 23.2 Å². The van der Waals surface area contributed by atoms with Gasteiger partial charge in [0.05, 0.1) is 5.69 Å². The van der Waals surface area contributed by atoms with E-state index in [4.69, 9.17) is 0 Å². The van der Waals surface area contributed by atoms with Gasteiger partial charge in [0.1, 0.15) is 12.9 Å². The van der Waals surface area contributed by atoms with Crippen LogP contribution in [0.1, 0.15) is 29.7 Å². The minimum absolute atomic E-state index is 0.662. The highest BCUT2D eigenvalue weighted by Gasteiger charge is 2.12. The van der Waals surface area contributed by atoms with Crippen molar-refractivity contribution >= 4 is 0 Å². The zero-order valence-electron chi connectivity index (χ0n) is 11.4. The molecule has 0 amide bonds. The third-order valence-electron chi connectivity index (χ3n) is 3.18. The summed E-state index contributed by atoms with van der Waals surface area (Å²) in [7, 11) is 1.95. The first-order chi connectivity index (χ1) is 8.63. The third kappa shape index (κ3) is 2.43. The maximum absolute atomic E-state index is 4.57. The Morgan fingerprint density at radius 2 is 2.11 bits per heavy atom. The van der Waals surface area contributed by atoms with E-state index in [9.17, 15) is 0 Å². The first-order valence-electron chi connectivity index (χ1n) is 6.20. The van der Waals surface area contributed by atoms with Gasteiger partial charge in [-0.05, 0) is 20.4 Å². The van der Waals surface area contributed by atoms with Crippen molar-refractivity contribution in [1.29, 1.82) is 0 Å². The van der Waals surface area contributed by atoms with E-state index in [-0.39, 0.29) is 0 Å². The monoisotopic (exact) mass is 248 g/mol. The van der Waals surface area contributed by atoms with Gasteiger partial charge in [0.15, 0.2) is 5.82 Å². The predicted octanol–water partition coefficient (Wildman–Crippen LogP) is 0.786. The van der Waals surface area contributed by atoms with Gasteiger partial charge < -0.3 is 9.88 Å². The molecule has 18 heavy (non-hydrogen) atoms. The van der Waals surface area contributed by atoms with Gasteiger partial charge in [0.2, 0.25) is 0 Å². The molecule has 98 valence electrons. The molecule has 0 saturated carbocycles. The third-order valence-corrected chi connectivity index (χ3v) is 3.18. The predicted molar refractivity (Wildman–Crippen MR) is 69.2 cm³/mol. The highest BCUT2D eigenvalue weighted by Crippen LogP contribution is 2.13. The molecule has 0 atom stereocenters. The average molecular weight is 248 g/mol. The molecule has 2 heterocycles. The lowest BCUT2D eigenvalue weighted by Gasteiger charge is -2.05. The smallest absolute Gasteiger partial charge is 0.154 e. The van der Waals surface area contributed by atoms with Gasteiger partial charge in [0, 0.05) is 24.8 Å². The van der Waals surface area contributed by atoms with Crippen LogP contribution < -0.4 is 5.32 Å². The highest BCUT2D eigenvalue weighted by molar-refractivity contribution is 5.24. The molecule has 0 bridgehead atoms. The van der Waals surface area contributed by atoms with Crippen LogP contribution in [0.2, 0.25) is 0 Å². The lowest BCUT2D eigenvalue weighted by atomic mass is 10.2. The summed E-state index contributed by atoms with van der Waals surface area (Å²) in [5.41, 5.74) is 3.55.